The number of halogens is 1. The minimum absolute atomic E-state index is 0.157. The Kier molecular flexibility index (Phi) is 4.38. The normalized spacial score (nSPS) is 12.5. The molecule has 1 heterocycles. The Hall–Kier alpha value is -2.62. The van der Waals surface area contributed by atoms with Gasteiger partial charge in [0.2, 0.25) is 0 Å². The molecule has 1 amide bonds. The van der Waals surface area contributed by atoms with Gasteiger partial charge in [-0.1, -0.05) is 44.2 Å². The third kappa shape index (κ3) is 3.04. The first kappa shape index (κ1) is 16.2. The number of carbonyl (C=O) groups excluding carboxylic acids is 1. The second-order valence-corrected chi connectivity index (χ2v) is 6.30. The summed E-state index contributed by atoms with van der Waals surface area (Å²) in [7, 11) is 0. The predicted molar refractivity (Wildman–Crippen MR) is 92.4 cm³/mol. The lowest BCUT2D eigenvalue weighted by Crippen LogP contribution is -2.31. The maximum absolute atomic E-state index is 13.1. The molecule has 4 heteroatoms. The molecule has 2 aromatic carbocycles. The van der Waals surface area contributed by atoms with E-state index in [1.54, 1.807) is 12.1 Å². The zero-order chi connectivity index (χ0) is 17.3. The number of benzene rings is 2. The van der Waals surface area contributed by atoms with E-state index in [4.69, 9.17) is 4.42 Å². The highest BCUT2D eigenvalue weighted by molar-refractivity contribution is 5.99. The molecule has 1 atom stereocenters. The third-order valence-corrected chi connectivity index (χ3v) is 4.23. The SMILES string of the molecule is Cc1c(C(=O)N[C@H](c2ccc(F)cc2)C(C)C)oc2ccccc12. The summed E-state index contributed by atoms with van der Waals surface area (Å²) < 4.78 is 18.9. The van der Waals surface area contributed by atoms with E-state index < -0.39 is 0 Å². The Labute approximate surface area is 140 Å². The van der Waals surface area contributed by atoms with Crippen LogP contribution in [0.5, 0.6) is 0 Å². The number of carbonyl (C=O) groups is 1. The summed E-state index contributed by atoms with van der Waals surface area (Å²) in [6, 6.07) is 13.6. The number of furan rings is 1. The molecule has 0 aliphatic carbocycles. The first-order chi connectivity index (χ1) is 11.5. The molecule has 0 saturated heterocycles. The fourth-order valence-electron chi connectivity index (χ4n) is 2.90. The van der Waals surface area contributed by atoms with Gasteiger partial charge in [0.05, 0.1) is 6.04 Å². The lowest BCUT2D eigenvalue weighted by atomic mass is 9.95. The van der Waals surface area contributed by atoms with Gasteiger partial charge in [0.15, 0.2) is 5.76 Å². The number of para-hydroxylation sites is 1. The average Bonchev–Trinajstić information content (AvgIpc) is 2.91. The highest BCUT2D eigenvalue weighted by atomic mass is 19.1. The van der Waals surface area contributed by atoms with E-state index in [-0.39, 0.29) is 23.7 Å². The highest BCUT2D eigenvalue weighted by Crippen LogP contribution is 2.27. The molecular formula is C20H20FNO2. The molecule has 3 aromatic rings. The van der Waals surface area contributed by atoms with Crippen LogP contribution in [0.3, 0.4) is 0 Å². The summed E-state index contributed by atoms with van der Waals surface area (Å²) in [5.41, 5.74) is 2.39. The summed E-state index contributed by atoms with van der Waals surface area (Å²) in [5, 5.41) is 3.95. The molecule has 24 heavy (non-hydrogen) atoms. The number of amides is 1. The van der Waals surface area contributed by atoms with E-state index in [9.17, 15) is 9.18 Å². The van der Waals surface area contributed by atoms with Crippen molar-refractivity contribution in [1.29, 1.82) is 0 Å². The maximum atomic E-state index is 13.1. The van der Waals surface area contributed by atoms with Gasteiger partial charge in [0.25, 0.3) is 5.91 Å². The first-order valence-corrected chi connectivity index (χ1v) is 8.02. The Morgan fingerprint density at radius 1 is 1.08 bits per heavy atom. The van der Waals surface area contributed by atoms with Crippen molar-refractivity contribution in [3.8, 4) is 0 Å². The topological polar surface area (TPSA) is 42.2 Å². The molecule has 0 bridgehead atoms. The van der Waals surface area contributed by atoms with Gasteiger partial charge in [-0.05, 0) is 36.6 Å². The standard InChI is InChI=1S/C20H20FNO2/c1-12(2)18(14-8-10-15(21)11-9-14)22-20(23)19-13(3)16-6-4-5-7-17(16)24-19/h4-12,18H,1-3H3,(H,22,23)/t18-/m0/s1. The van der Waals surface area contributed by atoms with Gasteiger partial charge < -0.3 is 9.73 Å². The highest BCUT2D eigenvalue weighted by Gasteiger charge is 2.23. The van der Waals surface area contributed by atoms with Gasteiger partial charge in [-0.15, -0.1) is 0 Å². The van der Waals surface area contributed by atoms with Gasteiger partial charge in [0.1, 0.15) is 11.4 Å². The molecule has 0 saturated carbocycles. The Balaban J connectivity index is 1.90. The van der Waals surface area contributed by atoms with Crippen LogP contribution < -0.4 is 5.32 Å². The van der Waals surface area contributed by atoms with Crippen molar-refractivity contribution < 1.29 is 13.6 Å². The molecule has 3 rings (SSSR count). The Morgan fingerprint density at radius 2 is 1.75 bits per heavy atom. The molecular weight excluding hydrogens is 305 g/mol. The van der Waals surface area contributed by atoms with Crippen LogP contribution in [-0.2, 0) is 0 Å². The molecule has 0 unspecified atom stereocenters. The molecule has 0 aliphatic rings. The lowest BCUT2D eigenvalue weighted by Gasteiger charge is -2.22. The molecule has 1 aromatic heterocycles. The predicted octanol–water partition coefficient (Wildman–Crippen LogP) is 5.01. The average molecular weight is 325 g/mol. The Morgan fingerprint density at radius 3 is 2.38 bits per heavy atom. The number of nitrogens with one attached hydrogen (secondary N) is 1. The summed E-state index contributed by atoms with van der Waals surface area (Å²) >= 11 is 0. The van der Waals surface area contributed by atoms with Crippen LogP contribution in [0.15, 0.2) is 52.9 Å². The Bertz CT molecular complexity index is 865. The van der Waals surface area contributed by atoms with Crippen LogP contribution in [0.1, 0.15) is 41.6 Å². The van der Waals surface area contributed by atoms with Crippen LogP contribution in [0.2, 0.25) is 0 Å². The minimum atomic E-state index is -0.291. The molecule has 0 radical (unpaired) electrons. The van der Waals surface area contributed by atoms with Gasteiger partial charge in [-0.3, -0.25) is 4.79 Å². The second kappa shape index (κ2) is 6.48. The molecule has 1 N–H and O–H groups in total. The molecule has 0 aliphatic heterocycles. The summed E-state index contributed by atoms with van der Waals surface area (Å²) in [6.07, 6.45) is 0. The van der Waals surface area contributed by atoms with Crippen LogP contribution in [-0.4, -0.2) is 5.91 Å². The number of aryl methyl sites for hydroxylation is 1. The van der Waals surface area contributed by atoms with E-state index in [2.05, 4.69) is 5.32 Å². The first-order valence-electron chi connectivity index (χ1n) is 8.02. The fourth-order valence-corrected chi connectivity index (χ4v) is 2.90. The monoisotopic (exact) mass is 325 g/mol. The minimum Gasteiger partial charge on any atom is -0.451 e. The summed E-state index contributed by atoms with van der Waals surface area (Å²) in [4.78, 5) is 12.7. The maximum Gasteiger partial charge on any atom is 0.287 e. The zero-order valence-corrected chi connectivity index (χ0v) is 14.0. The largest absolute Gasteiger partial charge is 0.451 e. The van der Waals surface area contributed by atoms with E-state index in [0.29, 0.717) is 11.3 Å². The number of fused-ring (bicyclic) bond motifs is 1. The lowest BCUT2D eigenvalue weighted by molar-refractivity contribution is 0.0898. The van der Waals surface area contributed by atoms with Crippen molar-refractivity contribution in [3.05, 3.63) is 71.2 Å². The van der Waals surface area contributed by atoms with Gasteiger partial charge in [0, 0.05) is 10.9 Å². The second-order valence-electron chi connectivity index (χ2n) is 6.30. The third-order valence-electron chi connectivity index (χ3n) is 4.23. The van der Waals surface area contributed by atoms with Crippen molar-refractivity contribution in [2.24, 2.45) is 5.92 Å². The number of rotatable bonds is 4. The van der Waals surface area contributed by atoms with Gasteiger partial charge in [-0.2, -0.15) is 0 Å². The van der Waals surface area contributed by atoms with Crippen LogP contribution >= 0.6 is 0 Å². The molecule has 3 nitrogen and oxygen atoms in total. The smallest absolute Gasteiger partial charge is 0.287 e. The molecule has 124 valence electrons. The fraction of sp³-hybridized carbons (Fsp3) is 0.250. The van der Waals surface area contributed by atoms with Crippen molar-refractivity contribution in [2.75, 3.05) is 0 Å². The van der Waals surface area contributed by atoms with E-state index in [0.717, 1.165) is 16.5 Å². The molecule has 0 spiro atoms. The van der Waals surface area contributed by atoms with Crippen LogP contribution in [0, 0.1) is 18.7 Å². The van der Waals surface area contributed by atoms with Gasteiger partial charge >= 0.3 is 0 Å². The molecule has 0 fully saturated rings. The van der Waals surface area contributed by atoms with Crippen molar-refractivity contribution in [1.82, 2.24) is 5.32 Å². The zero-order valence-electron chi connectivity index (χ0n) is 14.0. The van der Waals surface area contributed by atoms with Crippen molar-refractivity contribution in [2.45, 2.75) is 26.8 Å². The van der Waals surface area contributed by atoms with Crippen molar-refractivity contribution >= 4 is 16.9 Å². The van der Waals surface area contributed by atoms with E-state index in [1.165, 1.54) is 12.1 Å². The van der Waals surface area contributed by atoms with E-state index in [1.807, 2.05) is 45.0 Å². The van der Waals surface area contributed by atoms with E-state index >= 15 is 0 Å². The van der Waals surface area contributed by atoms with Crippen LogP contribution in [0.4, 0.5) is 4.39 Å². The van der Waals surface area contributed by atoms with Crippen LogP contribution in [0.25, 0.3) is 11.0 Å². The number of hydrogen-bond donors (Lipinski definition) is 1. The van der Waals surface area contributed by atoms with Gasteiger partial charge in [-0.25, -0.2) is 4.39 Å². The summed E-state index contributed by atoms with van der Waals surface area (Å²) in [6.45, 7) is 5.91. The van der Waals surface area contributed by atoms with Crippen molar-refractivity contribution in [3.63, 3.8) is 0 Å². The number of hydrogen-bond acceptors (Lipinski definition) is 2. The summed E-state index contributed by atoms with van der Waals surface area (Å²) in [5.74, 6) is -0.0690. The quantitative estimate of drug-likeness (QED) is 0.733.